The van der Waals surface area contributed by atoms with Crippen molar-refractivity contribution < 1.29 is 0 Å². The van der Waals surface area contributed by atoms with Gasteiger partial charge in [-0.05, 0) is 36.8 Å². The van der Waals surface area contributed by atoms with Crippen LogP contribution in [0.5, 0.6) is 0 Å². The van der Waals surface area contributed by atoms with Crippen LogP contribution < -0.4 is 5.01 Å². The molecule has 17 heavy (non-hydrogen) atoms. The summed E-state index contributed by atoms with van der Waals surface area (Å²) < 4.78 is 0. The SMILES string of the molecule is Cc1ccc(Cl)c(-c2ccc3c(c2)N3N=O)c1. The first-order chi connectivity index (χ1) is 8.20. The zero-order valence-electron chi connectivity index (χ0n) is 9.14. The van der Waals surface area contributed by atoms with E-state index in [9.17, 15) is 4.91 Å². The fraction of sp³-hybridized carbons (Fsp3) is 0.0769. The van der Waals surface area contributed by atoms with Gasteiger partial charge in [0.05, 0.1) is 16.7 Å². The molecule has 0 spiro atoms. The highest BCUT2D eigenvalue weighted by atomic mass is 35.5. The number of nitrogens with zero attached hydrogens (tertiary/aromatic N) is 2. The standard InChI is InChI=1S/C13H9ClN2O/c1-8-2-4-11(14)10(6-8)9-3-5-12-13(7-9)16(12)15-17/h2-7H,1H3. The summed E-state index contributed by atoms with van der Waals surface area (Å²) in [5, 5.41) is 4.97. The molecule has 0 aliphatic carbocycles. The van der Waals surface area contributed by atoms with E-state index < -0.39 is 0 Å². The van der Waals surface area contributed by atoms with Crippen LogP contribution in [-0.2, 0) is 0 Å². The van der Waals surface area contributed by atoms with Crippen molar-refractivity contribution in [2.24, 2.45) is 5.29 Å². The van der Waals surface area contributed by atoms with Crippen LogP contribution in [0.1, 0.15) is 5.56 Å². The number of nitroso groups, excluding NO2 is 1. The molecule has 0 N–H and O–H groups in total. The van der Waals surface area contributed by atoms with Crippen molar-refractivity contribution in [2.75, 3.05) is 5.01 Å². The summed E-state index contributed by atoms with van der Waals surface area (Å²) in [7, 11) is 0. The predicted octanol–water partition coefficient (Wildman–Crippen LogP) is 4.45. The van der Waals surface area contributed by atoms with Gasteiger partial charge in [0.2, 0.25) is 0 Å². The summed E-state index contributed by atoms with van der Waals surface area (Å²) in [6, 6.07) is 11.6. The lowest BCUT2D eigenvalue weighted by molar-refractivity contribution is 1.21. The third-order valence-corrected chi connectivity index (χ3v) is 3.23. The maximum atomic E-state index is 10.4. The third kappa shape index (κ3) is 1.59. The van der Waals surface area contributed by atoms with E-state index in [2.05, 4.69) is 5.29 Å². The van der Waals surface area contributed by atoms with Gasteiger partial charge in [-0.3, -0.25) is 0 Å². The summed E-state index contributed by atoms with van der Waals surface area (Å²) in [5.41, 5.74) is 4.86. The third-order valence-electron chi connectivity index (χ3n) is 2.90. The Labute approximate surface area is 104 Å². The van der Waals surface area contributed by atoms with E-state index in [4.69, 9.17) is 11.6 Å². The summed E-state index contributed by atoms with van der Waals surface area (Å²) in [4.78, 5) is 10.4. The van der Waals surface area contributed by atoms with Gasteiger partial charge in [-0.25, -0.2) is 0 Å². The first kappa shape index (κ1) is 10.3. The van der Waals surface area contributed by atoms with Crippen LogP contribution >= 0.6 is 11.6 Å². The molecular formula is C13H9ClN2O. The summed E-state index contributed by atoms with van der Waals surface area (Å²) >= 11 is 6.17. The lowest BCUT2D eigenvalue weighted by atomic mass is 10.0. The number of rotatable bonds is 2. The number of hydrogen-bond donors (Lipinski definition) is 0. The minimum Gasteiger partial charge on any atom is -0.193 e. The molecule has 0 amide bonds. The largest absolute Gasteiger partial charge is 0.193 e. The molecule has 3 rings (SSSR count). The normalized spacial score (nSPS) is 12.2. The van der Waals surface area contributed by atoms with Gasteiger partial charge in [-0.1, -0.05) is 29.3 Å². The monoisotopic (exact) mass is 244 g/mol. The Kier molecular flexibility index (Phi) is 2.16. The maximum Gasteiger partial charge on any atom is 0.0950 e. The molecule has 0 saturated heterocycles. The second kappa shape index (κ2) is 3.57. The van der Waals surface area contributed by atoms with Gasteiger partial charge >= 0.3 is 0 Å². The van der Waals surface area contributed by atoms with Gasteiger partial charge in [0.25, 0.3) is 0 Å². The molecule has 2 aromatic carbocycles. The molecule has 2 aromatic rings. The van der Waals surface area contributed by atoms with Crippen molar-refractivity contribution in [3.8, 4) is 11.1 Å². The number of fused-ring (bicyclic) bond motifs is 1. The Morgan fingerprint density at radius 2 is 1.94 bits per heavy atom. The second-order valence-corrected chi connectivity index (χ2v) is 4.49. The Morgan fingerprint density at radius 3 is 2.71 bits per heavy atom. The topological polar surface area (TPSA) is 32.4 Å². The van der Waals surface area contributed by atoms with Gasteiger partial charge in [0, 0.05) is 10.6 Å². The Morgan fingerprint density at radius 1 is 1.12 bits per heavy atom. The molecule has 1 aliphatic heterocycles. The van der Waals surface area contributed by atoms with Gasteiger partial charge in [0.15, 0.2) is 0 Å². The number of anilines is 2. The molecule has 0 atom stereocenters. The van der Waals surface area contributed by atoms with Crippen molar-refractivity contribution in [1.82, 2.24) is 0 Å². The lowest BCUT2D eigenvalue weighted by Crippen LogP contribution is -1.81. The molecule has 0 unspecified atom stereocenters. The highest BCUT2D eigenvalue weighted by Gasteiger charge is 2.30. The average molecular weight is 245 g/mol. The minimum atomic E-state index is 0.710. The number of hydrogen-bond acceptors (Lipinski definition) is 2. The van der Waals surface area contributed by atoms with E-state index in [0.717, 1.165) is 28.1 Å². The number of halogens is 1. The van der Waals surface area contributed by atoms with Gasteiger partial charge in [0.1, 0.15) is 0 Å². The summed E-state index contributed by atoms with van der Waals surface area (Å²) in [6.45, 7) is 2.02. The van der Waals surface area contributed by atoms with Crippen LogP contribution in [-0.4, -0.2) is 0 Å². The molecule has 0 saturated carbocycles. The fourth-order valence-electron chi connectivity index (χ4n) is 1.95. The van der Waals surface area contributed by atoms with Crippen molar-refractivity contribution in [3.05, 3.63) is 51.9 Å². The summed E-state index contributed by atoms with van der Waals surface area (Å²) in [5.74, 6) is 0. The molecule has 1 aliphatic rings. The van der Waals surface area contributed by atoms with Crippen LogP contribution in [0.2, 0.25) is 5.02 Å². The van der Waals surface area contributed by atoms with Crippen LogP contribution in [0, 0.1) is 11.8 Å². The van der Waals surface area contributed by atoms with E-state index >= 15 is 0 Å². The molecule has 84 valence electrons. The first-order valence-electron chi connectivity index (χ1n) is 5.24. The molecule has 1 heterocycles. The van der Waals surface area contributed by atoms with E-state index in [0.29, 0.717) is 5.02 Å². The number of benzene rings is 2. The van der Waals surface area contributed by atoms with Gasteiger partial charge < -0.3 is 0 Å². The van der Waals surface area contributed by atoms with Crippen LogP contribution in [0.4, 0.5) is 11.4 Å². The molecule has 0 radical (unpaired) electrons. The van der Waals surface area contributed by atoms with Crippen molar-refractivity contribution >= 4 is 23.0 Å². The molecule has 0 aromatic heterocycles. The Bertz CT molecular complexity index is 625. The van der Waals surface area contributed by atoms with Gasteiger partial charge in [-0.2, -0.15) is 5.01 Å². The summed E-state index contributed by atoms with van der Waals surface area (Å²) in [6.07, 6.45) is 0. The molecule has 4 heteroatoms. The Hall–Kier alpha value is -1.87. The molecule has 0 fully saturated rings. The first-order valence-corrected chi connectivity index (χ1v) is 5.62. The minimum absolute atomic E-state index is 0.710. The van der Waals surface area contributed by atoms with Crippen molar-refractivity contribution in [2.45, 2.75) is 6.92 Å². The predicted molar refractivity (Wildman–Crippen MR) is 69.6 cm³/mol. The quantitative estimate of drug-likeness (QED) is 0.578. The van der Waals surface area contributed by atoms with E-state index in [1.165, 1.54) is 5.01 Å². The van der Waals surface area contributed by atoms with Crippen molar-refractivity contribution in [3.63, 3.8) is 0 Å². The van der Waals surface area contributed by atoms with E-state index in [1.807, 2.05) is 43.3 Å². The molecule has 0 bridgehead atoms. The Balaban J connectivity index is 2.09. The lowest BCUT2D eigenvalue weighted by Gasteiger charge is -2.04. The van der Waals surface area contributed by atoms with Crippen LogP contribution in [0.3, 0.4) is 0 Å². The van der Waals surface area contributed by atoms with E-state index in [-0.39, 0.29) is 0 Å². The molecule has 3 nitrogen and oxygen atoms in total. The van der Waals surface area contributed by atoms with Crippen LogP contribution in [0.15, 0.2) is 41.7 Å². The zero-order chi connectivity index (χ0) is 12.0. The highest BCUT2D eigenvalue weighted by molar-refractivity contribution is 6.33. The number of aryl methyl sites for hydroxylation is 1. The van der Waals surface area contributed by atoms with Crippen molar-refractivity contribution in [1.29, 1.82) is 0 Å². The maximum absolute atomic E-state index is 10.4. The zero-order valence-corrected chi connectivity index (χ0v) is 9.90. The highest BCUT2D eigenvalue weighted by Crippen LogP contribution is 2.50. The fourth-order valence-corrected chi connectivity index (χ4v) is 2.18. The molecular weight excluding hydrogens is 236 g/mol. The van der Waals surface area contributed by atoms with Gasteiger partial charge in [-0.15, -0.1) is 4.91 Å². The average Bonchev–Trinajstić information content (AvgIpc) is 3.04. The smallest absolute Gasteiger partial charge is 0.0950 e. The van der Waals surface area contributed by atoms with Crippen LogP contribution in [0.25, 0.3) is 11.1 Å². The van der Waals surface area contributed by atoms with E-state index in [1.54, 1.807) is 0 Å². The second-order valence-electron chi connectivity index (χ2n) is 4.08.